The molecule has 0 heterocycles. The summed E-state index contributed by atoms with van der Waals surface area (Å²) in [5.41, 5.74) is 0.521. The molecule has 0 aliphatic heterocycles. The van der Waals surface area contributed by atoms with E-state index in [1.807, 2.05) is 0 Å². The SMILES string of the molecule is CC(=O)NCCCNC(=O)/C=C/C(=O)c1ccc(Br)cc1. The van der Waals surface area contributed by atoms with Crippen LogP contribution in [0.3, 0.4) is 0 Å². The van der Waals surface area contributed by atoms with Gasteiger partial charge in [0, 0.05) is 36.1 Å². The zero-order valence-electron chi connectivity index (χ0n) is 11.7. The minimum atomic E-state index is -0.330. The summed E-state index contributed by atoms with van der Waals surface area (Å²) in [5, 5.41) is 5.26. The summed E-state index contributed by atoms with van der Waals surface area (Å²) in [5.74, 6) is -0.652. The number of ketones is 1. The third-order valence-corrected chi connectivity index (χ3v) is 3.07. The molecule has 0 saturated carbocycles. The van der Waals surface area contributed by atoms with Crippen molar-refractivity contribution >= 4 is 33.5 Å². The lowest BCUT2D eigenvalue weighted by molar-refractivity contribution is -0.119. The molecule has 2 N–H and O–H groups in total. The Morgan fingerprint density at radius 1 is 1.05 bits per heavy atom. The van der Waals surface area contributed by atoms with E-state index in [0.29, 0.717) is 25.1 Å². The van der Waals surface area contributed by atoms with E-state index in [1.165, 1.54) is 19.1 Å². The fraction of sp³-hybridized carbons (Fsp3) is 0.267. The van der Waals surface area contributed by atoms with Gasteiger partial charge in [0.25, 0.3) is 0 Å². The number of hydrogen-bond donors (Lipinski definition) is 2. The molecular weight excluding hydrogens is 336 g/mol. The normalized spacial score (nSPS) is 10.4. The minimum absolute atomic E-state index is 0.0960. The van der Waals surface area contributed by atoms with Crippen molar-refractivity contribution < 1.29 is 14.4 Å². The Labute approximate surface area is 131 Å². The third kappa shape index (κ3) is 7.41. The number of halogens is 1. The fourth-order valence-electron chi connectivity index (χ4n) is 1.49. The first kappa shape index (κ1) is 17.1. The lowest BCUT2D eigenvalue weighted by atomic mass is 10.1. The topological polar surface area (TPSA) is 75.3 Å². The molecule has 0 fully saturated rings. The molecule has 1 rings (SSSR count). The smallest absolute Gasteiger partial charge is 0.244 e. The standard InChI is InChI=1S/C15H17BrN2O3/c1-11(19)17-9-2-10-18-15(21)8-7-14(20)12-3-5-13(16)6-4-12/h3-8H,2,9-10H2,1H3,(H,17,19)(H,18,21)/b8-7+. The maximum absolute atomic E-state index is 11.8. The fourth-order valence-corrected chi connectivity index (χ4v) is 1.75. The van der Waals surface area contributed by atoms with Crippen LogP contribution in [0.15, 0.2) is 40.9 Å². The molecule has 0 radical (unpaired) electrons. The van der Waals surface area contributed by atoms with E-state index in [9.17, 15) is 14.4 Å². The maximum Gasteiger partial charge on any atom is 0.244 e. The van der Waals surface area contributed by atoms with Crippen molar-refractivity contribution in [2.24, 2.45) is 0 Å². The van der Waals surface area contributed by atoms with Crippen molar-refractivity contribution in [3.8, 4) is 0 Å². The van der Waals surface area contributed by atoms with Crippen LogP contribution in [-0.4, -0.2) is 30.7 Å². The molecule has 2 amide bonds. The van der Waals surface area contributed by atoms with Gasteiger partial charge in [-0.2, -0.15) is 0 Å². The molecule has 6 heteroatoms. The first-order chi connectivity index (χ1) is 9.99. The molecule has 0 aliphatic rings. The summed E-state index contributed by atoms with van der Waals surface area (Å²) in [4.78, 5) is 33.9. The average molecular weight is 353 g/mol. The van der Waals surface area contributed by atoms with Gasteiger partial charge in [0.15, 0.2) is 5.78 Å². The Kier molecular flexibility index (Phi) is 7.39. The Morgan fingerprint density at radius 2 is 1.67 bits per heavy atom. The largest absolute Gasteiger partial charge is 0.356 e. The molecular formula is C15H17BrN2O3. The van der Waals surface area contributed by atoms with Gasteiger partial charge >= 0.3 is 0 Å². The van der Waals surface area contributed by atoms with Gasteiger partial charge in [-0.3, -0.25) is 14.4 Å². The number of benzene rings is 1. The van der Waals surface area contributed by atoms with Crippen LogP contribution in [0.1, 0.15) is 23.7 Å². The summed E-state index contributed by atoms with van der Waals surface area (Å²) >= 11 is 3.29. The van der Waals surface area contributed by atoms with E-state index >= 15 is 0 Å². The minimum Gasteiger partial charge on any atom is -0.356 e. The van der Waals surface area contributed by atoms with Crippen LogP contribution >= 0.6 is 15.9 Å². The van der Waals surface area contributed by atoms with Crippen LogP contribution in [0.5, 0.6) is 0 Å². The molecule has 0 aliphatic carbocycles. The van der Waals surface area contributed by atoms with Crippen molar-refractivity contribution in [3.05, 3.63) is 46.5 Å². The zero-order valence-corrected chi connectivity index (χ0v) is 13.3. The predicted molar refractivity (Wildman–Crippen MR) is 83.9 cm³/mol. The molecule has 21 heavy (non-hydrogen) atoms. The highest BCUT2D eigenvalue weighted by atomic mass is 79.9. The molecule has 0 spiro atoms. The molecule has 5 nitrogen and oxygen atoms in total. The highest BCUT2D eigenvalue weighted by Crippen LogP contribution is 2.11. The summed E-state index contributed by atoms with van der Waals surface area (Å²) in [6, 6.07) is 6.90. The van der Waals surface area contributed by atoms with Crippen molar-refractivity contribution in [1.29, 1.82) is 0 Å². The van der Waals surface area contributed by atoms with E-state index in [0.717, 1.165) is 4.47 Å². The molecule has 0 bridgehead atoms. The number of amides is 2. The Morgan fingerprint density at radius 3 is 2.29 bits per heavy atom. The lowest BCUT2D eigenvalue weighted by Gasteiger charge is -2.02. The van der Waals surface area contributed by atoms with Crippen LogP contribution in [-0.2, 0) is 9.59 Å². The number of allylic oxidation sites excluding steroid dienone is 1. The molecule has 0 unspecified atom stereocenters. The molecule has 1 aromatic carbocycles. The van der Waals surface area contributed by atoms with Crippen LogP contribution in [0, 0.1) is 0 Å². The Balaban J connectivity index is 2.31. The quantitative estimate of drug-likeness (QED) is 0.446. The van der Waals surface area contributed by atoms with Gasteiger partial charge < -0.3 is 10.6 Å². The molecule has 0 atom stereocenters. The second-order valence-electron chi connectivity index (χ2n) is 4.33. The Hall–Kier alpha value is -1.95. The molecule has 112 valence electrons. The number of carbonyl (C=O) groups is 3. The first-order valence-corrected chi connectivity index (χ1v) is 7.28. The summed E-state index contributed by atoms with van der Waals surface area (Å²) < 4.78 is 0.889. The first-order valence-electron chi connectivity index (χ1n) is 6.49. The van der Waals surface area contributed by atoms with Crippen LogP contribution < -0.4 is 10.6 Å². The van der Waals surface area contributed by atoms with Crippen molar-refractivity contribution in [2.75, 3.05) is 13.1 Å². The van der Waals surface area contributed by atoms with Gasteiger partial charge in [-0.15, -0.1) is 0 Å². The summed E-state index contributed by atoms with van der Waals surface area (Å²) in [6.45, 7) is 2.39. The lowest BCUT2D eigenvalue weighted by Crippen LogP contribution is -2.27. The monoisotopic (exact) mass is 352 g/mol. The van der Waals surface area contributed by atoms with E-state index in [2.05, 4.69) is 26.6 Å². The zero-order chi connectivity index (χ0) is 15.7. The van der Waals surface area contributed by atoms with Crippen LogP contribution in [0.2, 0.25) is 0 Å². The van der Waals surface area contributed by atoms with Gasteiger partial charge in [-0.25, -0.2) is 0 Å². The highest BCUT2D eigenvalue weighted by molar-refractivity contribution is 9.10. The van der Waals surface area contributed by atoms with Gasteiger partial charge in [0.05, 0.1) is 0 Å². The van der Waals surface area contributed by atoms with Gasteiger partial charge in [-0.05, 0) is 36.8 Å². The van der Waals surface area contributed by atoms with E-state index in [-0.39, 0.29) is 17.6 Å². The second-order valence-corrected chi connectivity index (χ2v) is 5.25. The number of nitrogens with one attached hydrogen (secondary N) is 2. The summed E-state index contributed by atoms with van der Waals surface area (Å²) in [7, 11) is 0. The van der Waals surface area contributed by atoms with Gasteiger partial charge in [0.1, 0.15) is 0 Å². The maximum atomic E-state index is 11.8. The average Bonchev–Trinajstić information content (AvgIpc) is 2.44. The van der Waals surface area contributed by atoms with Gasteiger partial charge in [0.2, 0.25) is 11.8 Å². The number of carbonyl (C=O) groups excluding carboxylic acids is 3. The van der Waals surface area contributed by atoms with Crippen molar-refractivity contribution in [1.82, 2.24) is 10.6 Å². The summed E-state index contributed by atoms with van der Waals surface area (Å²) in [6.07, 6.45) is 3.09. The van der Waals surface area contributed by atoms with Crippen LogP contribution in [0.25, 0.3) is 0 Å². The molecule has 1 aromatic rings. The molecule has 0 saturated heterocycles. The van der Waals surface area contributed by atoms with Crippen molar-refractivity contribution in [3.63, 3.8) is 0 Å². The third-order valence-electron chi connectivity index (χ3n) is 2.54. The van der Waals surface area contributed by atoms with Crippen molar-refractivity contribution in [2.45, 2.75) is 13.3 Å². The number of rotatable bonds is 7. The van der Waals surface area contributed by atoms with Crippen LogP contribution in [0.4, 0.5) is 0 Å². The molecule has 0 aromatic heterocycles. The highest BCUT2D eigenvalue weighted by Gasteiger charge is 2.02. The van der Waals surface area contributed by atoms with Gasteiger partial charge in [-0.1, -0.05) is 15.9 Å². The predicted octanol–water partition coefficient (Wildman–Crippen LogP) is 1.83. The van der Waals surface area contributed by atoms with E-state index in [1.54, 1.807) is 24.3 Å². The van der Waals surface area contributed by atoms with E-state index in [4.69, 9.17) is 0 Å². The van der Waals surface area contributed by atoms with E-state index < -0.39 is 0 Å². The Bertz CT molecular complexity index is 538. The number of hydrogen-bond acceptors (Lipinski definition) is 3. The second kappa shape index (κ2) is 9.07.